The minimum absolute atomic E-state index is 0.393. The van der Waals surface area contributed by atoms with Gasteiger partial charge in [0.2, 0.25) is 0 Å². The van der Waals surface area contributed by atoms with Crippen molar-refractivity contribution in [2.75, 3.05) is 12.3 Å². The third kappa shape index (κ3) is 4.36. The molecule has 0 amide bonds. The van der Waals surface area contributed by atoms with E-state index in [0.717, 1.165) is 5.56 Å². The van der Waals surface area contributed by atoms with Crippen LogP contribution in [0.5, 0.6) is 0 Å². The second kappa shape index (κ2) is 6.48. The molecular weight excluding hydrogens is 210 g/mol. The molecule has 0 heterocycles. The van der Waals surface area contributed by atoms with Gasteiger partial charge in [-0.15, -0.1) is 11.8 Å². The van der Waals surface area contributed by atoms with E-state index in [1.807, 2.05) is 30.3 Å². The normalized spacial score (nSPS) is 12.3. The van der Waals surface area contributed by atoms with Crippen LogP contribution in [0.15, 0.2) is 30.3 Å². The number of benzene rings is 1. The lowest BCUT2D eigenvalue weighted by Crippen LogP contribution is -2.21. The van der Waals surface area contributed by atoms with Gasteiger partial charge in [-0.1, -0.05) is 30.3 Å². The Kier molecular flexibility index (Phi) is 5.21. The third-order valence-electron chi connectivity index (χ3n) is 1.98. The van der Waals surface area contributed by atoms with Crippen molar-refractivity contribution in [1.82, 2.24) is 0 Å². The lowest BCUT2D eigenvalue weighted by Gasteiger charge is -2.11. The molecule has 15 heavy (non-hydrogen) atoms. The van der Waals surface area contributed by atoms with Crippen molar-refractivity contribution in [2.45, 2.75) is 11.7 Å². The van der Waals surface area contributed by atoms with Crippen molar-refractivity contribution in [3.63, 3.8) is 0 Å². The second-order valence-corrected chi connectivity index (χ2v) is 4.49. The number of hydrogen-bond donors (Lipinski definition) is 2. The van der Waals surface area contributed by atoms with E-state index in [0.29, 0.717) is 18.7 Å². The van der Waals surface area contributed by atoms with Gasteiger partial charge in [0.1, 0.15) is 5.25 Å². The summed E-state index contributed by atoms with van der Waals surface area (Å²) in [7, 11) is 0. The maximum Gasteiger partial charge on any atom is 0.316 e. The van der Waals surface area contributed by atoms with E-state index in [2.05, 4.69) is 0 Å². The number of aliphatic carboxylic acids is 1. The van der Waals surface area contributed by atoms with Crippen molar-refractivity contribution < 1.29 is 9.90 Å². The number of carbonyl (C=O) groups is 1. The van der Waals surface area contributed by atoms with Crippen LogP contribution in [0.1, 0.15) is 5.56 Å². The van der Waals surface area contributed by atoms with Crippen LogP contribution in [0.4, 0.5) is 0 Å². The molecule has 0 aromatic heterocycles. The monoisotopic (exact) mass is 225 g/mol. The molecule has 0 aliphatic rings. The van der Waals surface area contributed by atoms with E-state index >= 15 is 0 Å². The van der Waals surface area contributed by atoms with Crippen molar-refractivity contribution in [3.8, 4) is 0 Å². The second-order valence-electron chi connectivity index (χ2n) is 3.18. The first-order chi connectivity index (χ1) is 7.24. The molecule has 1 aromatic rings. The van der Waals surface area contributed by atoms with Crippen LogP contribution in [-0.2, 0) is 11.2 Å². The maximum atomic E-state index is 10.9. The SMILES string of the molecule is NCCS[C@@H](Cc1ccccc1)C(=O)O. The summed E-state index contributed by atoms with van der Waals surface area (Å²) in [4.78, 5) is 10.9. The van der Waals surface area contributed by atoms with E-state index < -0.39 is 11.2 Å². The van der Waals surface area contributed by atoms with Crippen LogP contribution in [-0.4, -0.2) is 28.6 Å². The zero-order valence-corrected chi connectivity index (χ0v) is 9.24. The average Bonchev–Trinajstić information content (AvgIpc) is 2.25. The predicted octanol–water partition coefficient (Wildman–Crippen LogP) is 1.37. The summed E-state index contributed by atoms with van der Waals surface area (Å²) in [6.07, 6.45) is 0.556. The zero-order chi connectivity index (χ0) is 11.1. The highest BCUT2D eigenvalue weighted by Crippen LogP contribution is 2.16. The molecule has 1 aromatic carbocycles. The van der Waals surface area contributed by atoms with Gasteiger partial charge in [-0.05, 0) is 12.0 Å². The Morgan fingerprint density at radius 3 is 2.60 bits per heavy atom. The molecule has 0 fully saturated rings. The van der Waals surface area contributed by atoms with Gasteiger partial charge in [-0.3, -0.25) is 4.79 Å². The van der Waals surface area contributed by atoms with Gasteiger partial charge in [0.15, 0.2) is 0 Å². The quantitative estimate of drug-likeness (QED) is 0.767. The van der Waals surface area contributed by atoms with Crippen LogP contribution in [0.3, 0.4) is 0 Å². The molecule has 0 radical (unpaired) electrons. The Labute approximate surface area is 93.7 Å². The number of carboxylic acids is 1. The standard InChI is InChI=1S/C11H15NO2S/c12-6-7-15-10(11(13)14)8-9-4-2-1-3-5-9/h1-5,10H,6-8,12H2,(H,13,14)/t10-/m0/s1. The Morgan fingerprint density at radius 2 is 2.07 bits per heavy atom. The minimum atomic E-state index is -0.766. The third-order valence-corrected chi connectivity index (χ3v) is 3.22. The summed E-state index contributed by atoms with van der Waals surface area (Å²) in [6, 6.07) is 9.65. The average molecular weight is 225 g/mol. The molecule has 0 spiro atoms. The Balaban J connectivity index is 2.55. The van der Waals surface area contributed by atoms with E-state index in [4.69, 9.17) is 10.8 Å². The molecule has 82 valence electrons. The molecule has 0 bridgehead atoms. The number of carboxylic acid groups (broad SMARTS) is 1. The van der Waals surface area contributed by atoms with E-state index in [1.165, 1.54) is 11.8 Å². The fourth-order valence-electron chi connectivity index (χ4n) is 1.26. The molecule has 0 saturated heterocycles. The first-order valence-corrected chi connectivity index (χ1v) is 5.87. The lowest BCUT2D eigenvalue weighted by atomic mass is 10.1. The van der Waals surface area contributed by atoms with Crippen molar-refractivity contribution in [2.24, 2.45) is 5.73 Å². The summed E-state index contributed by atoms with van der Waals surface area (Å²) < 4.78 is 0. The highest BCUT2D eigenvalue weighted by Gasteiger charge is 2.17. The maximum absolute atomic E-state index is 10.9. The van der Waals surface area contributed by atoms with Crippen molar-refractivity contribution in [3.05, 3.63) is 35.9 Å². The molecular formula is C11H15NO2S. The van der Waals surface area contributed by atoms with Crippen molar-refractivity contribution >= 4 is 17.7 Å². The van der Waals surface area contributed by atoms with Crippen LogP contribution >= 0.6 is 11.8 Å². The molecule has 3 N–H and O–H groups in total. The molecule has 1 rings (SSSR count). The van der Waals surface area contributed by atoms with Crippen LogP contribution in [0, 0.1) is 0 Å². The van der Waals surface area contributed by atoms with Crippen LogP contribution < -0.4 is 5.73 Å². The van der Waals surface area contributed by atoms with Crippen molar-refractivity contribution in [1.29, 1.82) is 0 Å². The molecule has 0 unspecified atom stereocenters. The minimum Gasteiger partial charge on any atom is -0.480 e. The van der Waals surface area contributed by atoms with Crippen LogP contribution in [0.2, 0.25) is 0 Å². The summed E-state index contributed by atoms with van der Waals surface area (Å²) >= 11 is 1.40. The van der Waals surface area contributed by atoms with Gasteiger partial charge < -0.3 is 10.8 Å². The van der Waals surface area contributed by atoms with Gasteiger partial charge in [0, 0.05) is 12.3 Å². The lowest BCUT2D eigenvalue weighted by molar-refractivity contribution is -0.136. The fraction of sp³-hybridized carbons (Fsp3) is 0.364. The number of thioether (sulfide) groups is 1. The van der Waals surface area contributed by atoms with E-state index in [9.17, 15) is 4.79 Å². The highest BCUT2D eigenvalue weighted by atomic mass is 32.2. The van der Waals surface area contributed by atoms with Gasteiger partial charge in [-0.2, -0.15) is 0 Å². The van der Waals surface area contributed by atoms with Crippen LogP contribution in [0.25, 0.3) is 0 Å². The summed E-state index contributed by atoms with van der Waals surface area (Å²) in [5, 5.41) is 8.61. The molecule has 4 heteroatoms. The molecule has 1 atom stereocenters. The Bertz CT molecular complexity index is 303. The molecule has 0 saturated carbocycles. The Hall–Kier alpha value is -1.00. The van der Waals surface area contributed by atoms with Gasteiger partial charge >= 0.3 is 5.97 Å². The first-order valence-electron chi connectivity index (χ1n) is 4.82. The van der Waals surface area contributed by atoms with Gasteiger partial charge in [0.05, 0.1) is 0 Å². The summed E-state index contributed by atoms with van der Waals surface area (Å²) in [6.45, 7) is 0.517. The number of rotatable bonds is 6. The predicted molar refractivity (Wildman–Crippen MR) is 63.1 cm³/mol. The highest BCUT2D eigenvalue weighted by molar-refractivity contribution is 8.00. The number of nitrogens with two attached hydrogens (primary N) is 1. The Morgan fingerprint density at radius 1 is 1.40 bits per heavy atom. The van der Waals surface area contributed by atoms with Gasteiger partial charge in [-0.25, -0.2) is 0 Å². The number of hydrogen-bond acceptors (Lipinski definition) is 3. The van der Waals surface area contributed by atoms with E-state index in [1.54, 1.807) is 0 Å². The smallest absolute Gasteiger partial charge is 0.316 e. The topological polar surface area (TPSA) is 63.3 Å². The summed E-state index contributed by atoms with van der Waals surface area (Å²) in [5.41, 5.74) is 6.41. The van der Waals surface area contributed by atoms with E-state index in [-0.39, 0.29) is 0 Å². The largest absolute Gasteiger partial charge is 0.480 e. The first kappa shape index (κ1) is 12.1. The molecule has 3 nitrogen and oxygen atoms in total. The van der Waals surface area contributed by atoms with Gasteiger partial charge in [0.25, 0.3) is 0 Å². The molecule has 0 aliphatic heterocycles. The fourth-order valence-corrected chi connectivity index (χ4v) is 2.13. The zero-order valence-electron chi connectivity index (χ0n) is 8.43. The summed E-state index contributed by atoms with van der Waals surface area (Å²) in [5.74, 6) is -0.0821. The molecule has 0 aliphatic carbocycles.